The molecule has 0 fully saturated rings. The molecule has 0 saturated heterocycles. The van der Waals surface area contributed by atoms with Crippen molar-refractivity contribution in [2.75, 3.05) is 0 Å². The Bertz CT molecular complexity index is 517. The van der Waals surface area contributed by atoms with Gasteiger partial charge < -0.3 is 4.98 Å². The summed E-state index contributed by atoms with van der Waals surface area (Å²) in [5, 5.41) is 6.65. The minimum atomic E-state index is 0.847. The van der Waals surface area contributed by atoms with Crippen molar-refractivity contribution >= 4 is 11.0 Å². The number of para-hydroxylation sites is 2. The van der Waals surface area contributed by atoms with Gasteiger partial charge in [-0.1, -0.05) is 12.1 Å². The van der Waals surface area contributed by atoms with Gasteiger partial charge >= 0.3 is 0 Å². The van der Waals surface area contributed by atoms with Gasteiger partial charge in [-0.3, -0.25) is 5.10 Å². The molecule has 2 heterocycles. The zero-order valence-corrected chi connectivity index (χ0v) is 7.36. The molecule has 4 nitrogen and oxygen atoms in total. The summed E-state index contributed by atoms with van der Waals surface area (Å²) in [6, 6.07) is 7.95. The number of fused-ring (bicyclic) bond motifs is 1. The maximum absolute atomic E-state index is 4.44. The van der Waals surface area contributed by atoms with Crippen LogP contribution in [0.15, 0.2) is 36.7 Å². The molecule has 0 spiro atoms. The summed E-state index contributed by atoms with van der Waals surface area (Å²) >= 11 is 0. The number of nitrogens with zero attached hydrogens (tertiary/aromatic N) is 2. The number of benzene rings is 1. The number of aromatic amines is 2. The number of H-pyrrole nitrogens is 2. The van der Waals surface area contributed by atoms with Crippen molar-refractivity contribution in [3.63, 3.8) is 0 Å². The minimum Gasteiger partial charge on any atom is -0.338 e. The van der Waals surface area contributed by atoms with E-state index < -0.39 is 0 Å². The molecule has 0 aliphatic carbocycles. The summed E-state index contributed by atoms with van der Waals surface area (Å²) in [6.07, 6.45) is 3.56. The zero-order valence-electron chi connectivity index (χ0n) is 7.36. The van der Waals surface area contributed by atoms with Crippen molar-refractivity contribution in [3.8, 4) is 11.4 Å². The zero-order chi connectivity index (χ0) is 9.38. The van der Waals surface area contributed by atoms with Gasteiger partial charge in [0, 0.05) is 6.20 Å². The predicted molar refractivity (Wildman–Crippen MR) is 53.7 cm³/mol. The van der Waals surface area contributed by atoms with Crippen molar-refractivity contribution < 1.29 is 0 Å². The second kappa shape index (κ2) is 2.70. The van der Waals surface area contributed by atoms with Crippen LogP contribution in [0.2, 0.25) is 0 Å². The summed E-state index contributed by atoms with van der Waals surface area (Å²) in [5.74, 6) is 0.847. The van der Waals surface area contributed by atoms with Crippen molar-refractivity contribution in [1.82, 2.24) is 20.2 Å². The van der Waals surface area contributed by atoms with E-state index in [4.69, 9.17) is 0 Å². The van der Waals surface area contributed by atoms with Crippen LogP contribution in [-0.4, -0.2) is 20.2 Å². The third-order valence-electron chi connectivity index (χ3n) is 2.16. The molecule has 0 radical (unpaired) electrons. The van der Waals surface area contributed by atoms with Gasteiger partial charge in [0.25, 0.3) is 0 Å². The number of nitrogens with one attached hydrogen (secondary N) is 2. The van der Waals surface area contributed by atoms with Gasteiger partial charge in [0.1, 0.15) is 5.82 Å². The van der Waals surface area contributed by atoms with Crippen LogP contribution in [0, 0.1) is 0 Å². The van der Waals surface area contributed by atoms with E-state index in [1.807, 2.05) is 30.5 Å². The highest BCUT2D eigenvalue weighted by atomic mass is 15.1. The first-order valence-electron chi connectivity index (χ1n) is 4.37. The second-order valence-electron chi connectivity index (χ2n) is 3.09. The van der Waals surface area contributed by atoms with Crippen LogP contribution < -0.4 is 0 Å². The van der Waals surface area contributed by atoms with Crippen LogP contribution in [0.4, 0.5) is 0 Å². The van der Waals surface area contributed by atoms with E-state index in [1.54, 1.807) is 6.20 Å². The fourth-order valence-corrected chi connectivity index (χ4v) is 1.47. The van der Waals surface area contributed by atoms with Crippen LogP contribution in [0.5, 0.6) is 0 Å². The summed E-state index contributed by atoms with van der Waals surface area (Å²) in [6.45, 7) is 0. The molecule has 68 valence electrons. The van der Waals surface area contributed by atoms with Gasteiger partial charge in [-0.2, -0.15) is 5.10 Å². The molecule has 0 atom stereocenters. The van der Waals surface area contributed by atoms with Gasteiger partial charge in [0.15, 0.2) is 0 Å². The van der Waals surface area contributed by atoms with E-state index in [9.17, 15) is 0 Å². The quantitative estimate of drug-likeness (QED) is 0.607. The van der Waals surface area contributed by atoms with Crippen molar-refractivity contribution in [1.29, 1.82) is 0 Å². The summed E-state index contributed by atoms with van der Waals surface area (Å²) in [7, 11) is 0. The minimum absolute atomic E-state index is 0.847. The molecule has 0 aliphatic heterocycles. The summed E-state index contributed by atoms with van der Waals surface area (Å²) in [4.78, 5) is 7.67. The van der Waals surface area contributed by atoms with Crippen molar-refractivity contribution in [2.45, 2.75) is 0 Å². The molecule has 0 amide bonds. The van der Waals surface area contributed by atoms with E-state index >= 15 is 0 Å². The predicted octanol–water partition coefficient (Wildman–Crippen LogP) is 1.95. The molecule has 2 aromatic heterocycles. The highest BCUT2D eigenvalue weighted by Crippen LogP contribution is 2.18. The lowest BCUT2D eigenvalue weighted by atomic mass is 10.3. The smallest absolute Gasteiger partial charge is 0.141 e. The lowest BCUT2D eigenvalue weighted by molar-refractivity contribution is 1.09. The first kappa shape index (κ1) is 7.32. The Balaban J connectivity index is 2.24. The number of imidazole rings is 1. The Morgan fingerprint density at radius 2 is 2.07 bits per heavy atom. The molecule has 14 heavy (non-hydrogen) atoms. The van der Waals surface area contributed by atoms with Gasteiger partial charge in [0.05, 0.1) is 22.8 Å². The maximum Gasteiger partial charge on any atom is 0.141 e. The molecule has 0 bridgehead atoms. The van der Waals surface area contributed by atoms with Crippen LogP contribution in [0.3, 0.4) is 0 Å². The van der Waals surface area contributed by atoms with Gasteiger partial charge in [-0.05, 0) is 12.1 Å². The van der Waals surface area contributed by atoms with Crippen LogP contribution >= 0.6 is 0 Å². The number of hydrogen-bond donors (Lipinski definition) is 2. The monoisotopic (exact) mass is 184 g/mol. The molecule has 3 aromatic rings. The average molecular weight is 184 g/mol. The summed E-state index contributed by atoms with van der Waals surface area (Å²) < 4.78 is 0. The van der Waals surface area contributed by atoms with Gasteiger partial charge in [-0.25, -0.2) is 4.98 Å². The van der Waals surface area contributed by atoms with Crippen LogP contribution in [0.25, 0.3) is 22.4 Å². The Kier molecular flexibility index (Phi) is 1.41. The molecule has 3 rings (SSSR count). The Labute approximate surface area is 80.0 Å². The number of rotatable bonds is 1. The van der Waals surface area contributed by atoms with E-state index in [0.29, 0.717) is 0 Å². The van der Waals surface area contributed by atoms with Gasteiger partial charge in [-0.15, -0.1) is 0 Å². The first-order valence-corrected chi connectivity index (χ1v) is 4.37. The van der Waals surface area contributed by atoms with Crippen LogP contribution in [0.1, 0.15) is 0 Å². The molecule has 0 saturated carbocycles. The van der Waals surface area contributed by atoms with Crippen molar-refractivity contribution in [2.24, 2.45) is 0 Å². The Hall–Kier alpha value is -2.10. The van der Waals surface area contributed by atoms with E-state index in [0.717, 1.165) is 22.4 Å². The molecule has 0 aliphatic rings. The molecule has 0 unspecified atom stereocenters. The van der Waals surface area contributed by atoms with Gasteiger partial charge in [0.2, 0.25) is 0 Å². The van der Waals surface area contributed by atoms with Crippen LogP contribution in [-0.2, 0) is 0 Å². The molecular formula is C10H8N4. The fraction of sp³-hybridized carbons (Fsp3) is 0. The largest absolute Gasteiger partial charge is 0.338 e. The summed E-state index contributed by atoms with van der Waals surface area (Å²) in [5.41, 5.74) is 2.99. The lowest BCUT2D eigenvalue weighted by Gasteiger charge is -1.84. The number of hydrogen-bond acceptors (Lipinski definition) is 2. The molecule has 1 aromatic carbocycles. The normalized spacial score (nSPS) is 10.9. The highest BCUT2D eigenvalue weighted by molar-refractivity contribution is 5.78. The Morgan fingerprint density at radius 3 is 2.86 bits per heavy atom. The third kappa shape index (κ3) is 1.01. The third-order valence-corrected chi connectivity index (χ3v) is 2.16. The molecule has 2 N–H and O–H groups in total. The first-order chi connectivity index (χ1) is 6.93. The maximum atomic E-state index is 4.44. The number of aromatic nitrogens is 4. The lowest BCUT2D eigenvalue weighted by Crippen LogP contribution is -1.74. The molecule has 4 heteroatoms. The standard InChI is InChI=1S/C10H8N4/c1-2-4-9-8(3-1)13-10(14-9)7-5-11-12-6-7/h1-6H,(H,11,12)(H,13,14). The molecular weight excluding hydrogens is 176 g/mol. The van der Waals surface area contributed by atoms with E-state index in [2.05, 4.69) is 20.2 Å². The highest BCUT2D eigenvalue weighted by Gasteiger charge is 2.04. The average Bonchev–Trinajstić information content (AvgIpc) is 2.86. The SMILES string of the molecule is c1ccc2[nH]c(-c3cn[nH]c3)nc2c1. The van der Waals surface area contributed by atoms with E-state index in [-0.39, 0.29) is 0 Å². The Morgan fingerprint density at radius 1 is 1.14 bits per heavy atom. The van der Waals surface area contributed by atoms with E-state index in [1.165, 1.54) is 0 Å². The van der Waals surface area contributed by atoms with Crippen molar-refractivity contribution in [3.05, 3.63) is 36.7 Å². The topological polar surface area (TPSA) is 57.4 Å². The second-order valence-corrected chi connectivity index (χ2v) is 3.09. The fourth-order valence-electron chi connectivity index (χ4n) is 1.47.